The molecule has 1 aromatic carbocycles. The molecule has 1 aliphatic heterocycles. The molecule has 0 saturated carbocycles. The molecule has 2 rings (SSSR count). The number of hydrogen-bond donors (Lipinski definition) is 2. The number of likely N-dealkylation sites (tertiary alicyclic amines) is 1. The molecule has 1 fully saturated rings. The fourth-order valence-corrected chi connectivity index (χ4v) is 3.07. The van der Waals surface area contributed by atoms with E-state index >= 15 is 0 Å². The summed E-state index contributed by atoms with van der Waals surface area (Å²) in [6.07, 6.45) is -0.989. The topological polar surface area (TPSA) is 44.4 Å². The third-order valence-electron chi connectivity index (χ3n) is 4.36. The monoisotopic (exact) mass is 357 g/mol. The number of hydrogen-bond acceptors (Lipinski definition) is 3. The van der Waals surface area contributed by atoms with Gasteiger partial charge in [0.2, 0.25) is 5.91 Å². The molecule has 1 atom stereocenters. The van der Waals surface area contributed by atoms with Crippen LogP contribution in [0.5, 0.6) is 0 Å². The molecule has 7 heteroatoms. The number of alkyl halides is 3. The molecular formula is C18H26F3N3O. The Morgan fingerprint density at radius 1 is 1.36 bits per heavy atom. The van der Waals surface area contributed by atoms with E-state index in [2.05, 4.69) is 22.5 Å². The van der Waals surface area contributed by atoms with E-state index < -0.39 is 11.7 Å². The zero-order valence-electron chi connectivity index (χ0n) is 14.5. The van der Waals surface area contributed by atoms with E-state index in [9.17, 15) is 18.0 Å². The van der Waals surface area contributed by atoms with Crippen molar-refractivity contribution in [2.45, 2.75) is 32.4 Å². The lowest BCUT2D eigenvalue weighted by Gasteiger charge is -2.30. The number of halogens is 3. The highest BCUT2D eigenvalue weighted by Gasteiger charge is 2.30. The second kappa shape index (κ2) is 9.08. The number of carbonyl (C=O) groups excluding carboxylic acids is 1. The summed E-state index contributed by atoms with van der Waals surface area (Å²) in [4.78, 5) is 14.2. The third kappa shape index (κ3) is 6.94. The van der Waals surface area contributed by atoms with Crippen LogP contribution in [0.2, 0.25) is 0 Å². The van der Waals surface area contributed by atoms with Crippen molar-refractivity contribution >= 4 is 11.6 Å². The van der Waals surface area contributed by atoms with Crippen LogP contribution in [0.4, 0.5) is 18.9 Å². The van der Waals surface area contributed by atoms with Crippen LogP contribution in [0.15, 0.2) is 24.3 Å². The van der Waals surface area contributed by atoms with Gasteiger partial charge < -0.3 is 15.5 Å². The second-order valence-corrected chi connectivity index (χ2v) is 6.68. The maximum Gasteiger partial charge on any atom is 0.416 e. The zero-order chi connectivity index (χ0) is 18.3. The lowest BCUT2D eigenvalue weighted by molar-refractivity contribution is -0.137. The number of nitrogens with zero attached hydrogens (tertiary/aromatic N) is 1. The molecule has 25 heavy (non-hydrogen) atoms. The van der Waals surface area contributed by atoms with Gasteiger partial charge in [-0.05, 0) is 56.5 Å². The maximum atomic E-state index is 12.6. The Morgan fingerprint density at radius 2 is 2.16 bits per heavy atom. The Morgan fingerprint density at radius 3 is 2.88 bits per heavy atom. The lowest BCUT2D eigenvalue weighted by atomic mass is 10.0. The molecule has 4 nitrogen and oxygen atoms in total. The van der Waals surface area contributed by atoms with Crippen molar-refractivity contribution in [2.75, 3.05) is 38.0 Å². The summed E-state index contributed by atoms with van der Waals surface area (Å²) in [6, 6.07) is 4.85. The van der Waals surface area contributed by atoms with E-state index in [1.54, 1.807) is 0 Å². The third-order valence-corrected chi connectivity index (χ3v) is 4.36. The number of anilines is 1. The van der Waals surface area contributed by atoms with Crippen molar-refractivity contribution in [1.82, 2.24) is 10.2 Å². The average molecular weight is 357 g/mol. The normalized spacial score (nSPS) is 18.8. The van der Waals surface area contributed by atoms with Crippen LogP contribution < -0.4 is 10.6 Å². The Kier molecular flexibility index (Phi) is 7.11. The predicted molar refractivity (Wildman–Crippen MR) is 92.4 cm³/mol. The molecular weight excluding hydrogens is 331 g/mol. The first-order valence-corrected chi connectivity index (χ1v) is 8.75. The van der Waals surface area contributed by atoms with E-state index in [-0.39, 0.29) is 18.1 Å². The van der Waals surface area contributed by atoms with Gasteiger partial charge in [-0.3, -0.25) is 4.79 Å². The molecule has 140 valence electrons. The molecule has 0 aromatic heterocycles. The smallest absolute Gasteiger partial charge is 0.376 e. The van der Waals surface area contributed by atoms with Gasteiger partial charge in [-0.2, -0.15) is 13.2 Å². The van der Waals surface area contributed by atoms with Gasteiger partial charge >= 0.3 is 6.18 Å². The van der Waals surface area contributed by atoms with Gasteiger partial charge in [0.05, 0.1) is 12.1 Å². The van der Waals surface area contributed by atoms with Gasteiger partial charge in [0.25, 0.3) is 0 Å². The van der Waals surface area contributed by atoms with Gasteiger partial charge in [-0.25, -0.2) is 0 Å². The number of amides is 1. The molecule has 0 spiro atoms. The van der Waals surface area contributed by atoms with E-state index in [4.69, 9.17) is 0 Å². The van der Waals surface area contributed by atoms with Crippen LogP contribution in [0.3, 0.4) is 0 Å². The van der Waals surface area contributed by atoms with Crippen molar-refractivity contribution in [3.8, 4) is 0 Å². The Balaban J connectivity index is 1.64. The summed E-state index contributed by atoms with van der Waals surface area (Å²) >= 11 is 0. The first-order valence-electron chi connectivity index (χ1n) is 8.75. The van der Waals surface area contributed by atoms with Gasteiger partial charge in [-0.15, -0.1) is 0 Å². The number of rotatable bonds is 7. The molecule has 0 bridgehead atoms. The number of piperidine rings is 1. The summed E-state index contributed by atoms with van der Waals surface area (Å²) in [5.41, 5.74) is -0.444. The summed E-state index contributed by atoms with van der Waals surface area (Å²) in [7, 11) is 0. The highest BCUT2D eigenvalue weighted by Crippen LogP contribution is 2.30. The van der Waals surface area contributed by atoms with Crippen molar-refractivity contribution in [3.63, 3.8) is 0 Å². The molecule has 0 aliphatic carbocycles. The lowest BCUT2D eigenvalue weighted by Crippen LogP contribution is -2.37. The second-order valence-electron chi connectivity index (χ2n) is 6.68. The first kappa shape index (κ1) is 19.6. The average Bonchev–Trinajstić information content (AvgIpc) is 2.56. The Hall–Kier alpha value is -1.76. The zero-order valence-corrected chi connectivity index (χ0v) is 14.5. The van der Waals surface area contributed by atoms with Gasteiger partial charge in [0.1, 0.15) is 0 Å². The molecule has 0 radical (unpaired) electrons. The van der Waals surface area contributed by atoms with Crippen LogP contribution in [-0.4, -0.2) is 43.5 Å². The van der Waals surface area contributed by atoms with E-state index in [1.807, 2.05) is 0 Å². The molecule has 2 N–H and O–H groups in total. The van der Waals surface area contributed by atoms with Crippen molar-refractivity contribution in [2.24, 2.45) is 5.92 Å². The van der Waals surface area contributed by atoms with Crippen LogP contribution >= 0.6 is 0 Å². The van der Waals surface area contributed by atoms with Crippen LogP contribution in [0.25, 0.3) is 0 Å². The number of nitrogens with one attached hydrogen (secondary N) is 2. The minimum absolute atomic E-state index is 0.0396. The van der Waals surface area contributed by atoms with Crippen LogP contribution in [0.1, 0.15) is 31.7 Å². The van der Waals surface area contributed by atoms with E-state index in [0.29, 0.717) is 6.54 Å². The Bertz CT molecular complexity index is 563. The minimum Gasteiger partial charge on any atom is -0.376 e. The van der Waals surface area contributed by atoms with Gasteiger partial charge in [0, 0.05) is 18.8 Å². The van der Waals surface area contributed by atoms with E-state index in [1.165, 1.54) is 25.0 Å². The standard InChI is InChI=1S/C18H26F3N3O/c1-14-5-3-9-24(13-14)10-4-8-22-17(25)12-23-16-7-2-6-15(11-16)18(19,20)21/h2,6-7,11,14,23H,3-5,8-10,12-13H2,1H3,(H,22,25). The quantitative estimate of drug-likeness (QED) is 0.736. The van der Waals surface area contributed by atoms with Gasteiger partial charge in [0.15, 0.2) is 0 Å². The molecule has 1 amide bonds. The summed E-state index contributed by atoms with van der Waals surface area (Å²) in [5.74, 6) is 0.518. The molecule has 1 heterocycles. The Labute approximate surface area is 146 Å². The highest BCUT2D eigenvalue weighted by molar-refractivity contribution is 5.80. The van der Waals surface area contributed by atoms with Crippen molar-refractivity contribution < 1.29 is 18.0 Å². The number of benzene rings is 1. The summed E-state index contributed by atoms with van der Waals surface area (Å²) in [6.45, 7) is 6.00. The van der Waals surface area contributed by atoms with Crippen molar-refractivity contribution in [3.05, 3.63) is 29.8 Å². The molecule has 1 unspecified atom stereocenters. The fourth-order valence-electron chi connectivity index (χ4n) is 3.07. The first-order chi connectivity index (χ1) is 11.8. The molecule has 1 aliphatic rings. The summed E-state index contributed by atoms with van der Waals surface area (Å²) in [5, 5.41) is 5.53. The predicted octanol–water partition coefficient (Wildman–Crippen LogP) is 3.36. The van der Waals surface area contributed by atoms with Crippen molar-refractivity contribution in [1.29, 1.82) is 0 Å². The van der Waals surface area contributed by atoms with Crippen LogP contribution in [0, 0.1) is 5.92 Å². The fraction of sp³-hybridized carbons (Fsp3) is 0.611. The SMILES string of the molecule is CC1CCCN(CCCNC(=O)CNc2cccc(C(F)(F)F)c2)C1. The van der Waals surface area contributed by atoms with Crippen LogP contribution in [-0.2, 0) is 11.0 Å². The van der Waals surface area contributed by atoms with E-state index in [0.717, 1.165) is 44.1 Å². The largest absolute Gasteiger partial charge is 0.416 e. The highest BCUT2D eigenvalue weighted by atomic mass is 19.4. The maximum absolute atomic E-state index is 12.6. The minimum atomic E-state index is -4.38. The molecule has 1 saturated heterocycles. The van der Waals surface area contributed by atoms with Gasteiger partial charge in [-0.1, -0.05) is 13.0 Å². The number of carbonyl (C=O) groups is 1. The summed E-state index contributed by atoms with van der Waals surface area (Å²) < 4.78 is 37.9. The molecule has 1 aromatic rings.